The molecule has 1 atom stereocenters. The second kappa shape index (κ2) is 7.14. The fraction of sp³-hybridized carbons (Fsp3) is 0.533. The molecule has 0 bridgehead atoms. The standard InChI is InChI=1S/C15H24N2O2/c1-12(2)9-15(3,11-16)17-14(18)10-19-13-7-5-4-6-8-13/h4-8,12H,9-11,16H2,1-3H3,(H,17,18). The van der Waals surface area contributed by atoms with Crippen LogP contribution in [0.15, 0.2) is 30.3 Å². The zero-order chi connectivity index (χ0) is 14.3. The third kappa shape index (κ3) is 5.75. The summed E-state index contributed by atoms with van der Waals surface area (Å²) in [7, 11) is 0. The van der Waals surface area contributed by atoms with Crippen molar-refractivity contribution in [1.82, 2.24) is 5.32 Å². The Bertz CT molecular complexity index is 392. The number of carbonyl (C=O) groups is 1. The highest BCUT2D eigenvalue weighted by Gasteiger charge is 2.25. The molecule has 3 N–H and O–H groups in total. The number of hydrogen-bond donors (Lipinski definition) is 2. The van der Waals surface area contributed by atoms with Gasteiger partial charge >= 0.3 is 0 Å². The van der Waals surface area contributed by atoms with E-state index in [1.54, 1.807) is 0 Å². The van der Waals surface area contributed by atoms with Gasteiger partial charge in [0.05, 0.1) is 0 Å². The first-order valence-electron chi connectivity index (χ1n) is 6.64. The second-order valence-electron chi connectivity index (χ2n) is 5.51. The summed E-state index contributed by atoms with van der Waals surface area (Å²) in [5.74, 6) is 1.03. The van der Waals surface area contributed by atoms with Crippen LogP contribution in [0.25, 0.3) is 0 Å². The number of nitrogens with one attached hydrogen (secondary N) is 1. The highest BCUT2D eigenvalue weighted by Crippen LogP contribution is 2.15. The number of amides is 1. The van der Waals surface area contributed by atoms with Crippen molar-refractivity contribution in [3.63, 3.8) is 0 Å². The Hall–Kier alpha value is -1.55. The molecule has 0 spiro atoms. The molecule has 106 valence electrons. The molecule has 0 saturated heterocycles. The summed E-state index contributed by atoms with van der Waals surface area (Å²) < 4.78 is 5.41. The van der Waals surface area contributed by atoms with E-state index in [-0.39, 0.29) is 18.1 Å². The minimum atomic E-state index is -0.370. The van der Waals surface area contributed by atoms with Crippen LogP contribution >= 0.6 is 0 Å². The smallest absolute Gasteiger partial charge is 0.258 e. The average molecular weight is 264 g/mol. The van der Waals surface area contributed by atoms with Crippen molar-refractivity contribution in [3.05, 3.63) is 30.3 Å². The summed E-state index contributed by atoms with van der Waals surface area (Å²) in [4.78, 5) is 11.9. The lowest BCUT2D eigenvalue weighted by Gasteiger charge is -2.31. The van der Waals surface area contributed by atoms with Crippen LogP contribution in [0.3, 0.4) is 0 Å². The van der Waals surface area contributed by atoms with E-state index in [1.165, 1.54) is 0 Å². The van der Waals surface area contributed by atoms with E-state index in [9.17, 15) is 4.79 Å². The zero-order valence-corrected chi connectivity index (χ0v) is 12.0. The van der Waals surface area contributed by atoms with Crippen LogP contribution in [0.1, 0.15) is 27.2 Å². The van der Waals surface area contributed by atoms with Crippen molar-refractivity contribution >= 4 is 5.91 Å². The molecular formula is C15H24N2O2. The van der Waals surface area contributed by atoms with Crippen LogP contribution in [0, 0.1) is 5.92 Å². The molecule has 0 radical (unpaired) electrons. The lowest BCUT2D eigenvalue weighted by atomic mass is 9.91. The third-order valence-corrected chi connectivity index (χ3v) is 2.86. The van der Waals surface area contributed by atoms with Gasteiger partial charge in [0.2, 0.25) is 0 Å². The minimum absolute atomic E-state index is 0.0116. The van der Waals surface area contributed by atoms with Crippen LogP contribution in [0.2, 0.25) is 0 Å². The minimum Gasteiger partial charge on any atom is -0.484 e. The van der Waals surface area contributed by atoms with Crippen LogP contribution in [-0.4, -0.2) is 24.6 Å². The molecule has 19 heavy (non-hydrogen) atoms. The summed E-state index contributed by atoms with van der Waals surface area (Å²) in [5.41, 5.74) is 5.39. The van der Waals surface area contributed by atoms with Gasteiger partial charge in [-0.15, -0.1) is 0 Å². The first-order chi connectivity index (χ1) is 8.95. The number of hydrogen-bond acceptors (Lipinski definition) is 3. The van der Waals surface area contributed by atoms with Crippen molar-refractivity contribution in [1.29, 1.82) is 0 Å². The van der Waals surface area contributed by atoms with Crippen LogP contribution in [0.4, 0.5) is 0 Å². The number of ether oxygens (including phenoxy) is 1. The molecule has 1 rings (SSSR count). The summed E-state index contributed by atoms with van der Waals surface area (Å²) in [6.07, 6.45) is 0.848. The predicted molar refractivity (Wildman–Crippen MR) is 77.0 cm³/mol. The van der Waals surface area contributed by atoms with Gasteiger partial charge in [-0.2, -0.15) is 0 Å². The number of carbonyl (C=O) groups excluding carboxylic acids is 1. The monoisotopic (exact) mass is 264 g/mol. The first kappa shape index (κ1) is 15.5. The maximum absolute atomic E-state index is 11.9. The summed E-state index contributed by atoms with van der Waals surface area (Å²) in [6.45, 7) is 6.62. The fourth-order valence-corrected chi connectivity index (χ4v) is 2.12. The van der Waals surface area contributed by atoms with Gasteiger partial charge in [-0.1, -0.05) is 32.0 Å². The Morgan fingerprint density at radius 2 is 2.00 bits per heavy atom. The molecule has 4 heteroatoms. The van der Waals surface area contributed by atoms with Crippen molar-refractivity contribution in [3.8, 4) is 5.75 Å². The maximum Gasteiger partial charge on any atom is 0.258 e. The fourth-order valence-electron chi connectivity index (χ4n) is 2.12. The van der Waals surface area contributed by atoms with E-state index in [2.05, 4.69) is 19.2 Å². The number of rotatable bonds is 7. The highest BCUT2D eigenvalue weighted by atomic mass is 16.5. The zero-order valence-electron chi connectivity index (χ0n) is 12.0. The van der Waals surface area contributed by atoms with Crippen molar-refractivity contribution in [2.45, 2.75) is 32.7 Å². The molecule has 1 aromatic carbocycles. The van der Waals surface area contributed by atoms with Gasteiger partial charge in [0, 0.05) is 12.1 Å². The molecule has 0 heterocycles. The maximum atomic E-state index is 11.9. The second-order valence-corrected chi connectivity index (χ2v) is 5.51. The summed E-state index contributed by atoms with van der Waals surface area (Å²) in [5, 5.41) is 2.96. The normalized spacial score (nSPS) is 13.9. The lowest BCUT2D eigenvalue weighted by Crippen LogP contribution is -2.53. The molecule has 0 aliphatic heterocycles. The van der Waals surface area contributed by atoms with E-state index < -0.39 is 0 Å². The molecule has 1 amide bonds. The molecule has 0 aromatic heterocycles. The van der Waals surface area contributed by atoms with Gasteiger partial charge in [0.1, 0.15) is 5.75 Å². The Morgan fingerprint density at radius 1 is 1.37 bits per heavy atom. The highest BCUT2D eigenvalue weighted by molar-refractivity contribution is 5.78. The van der Waals surface area contributed by atoms with Crippen molar-refractivity contribution < 1.29 is 9.53 Å². The van der Waals surface area contributed by atoms with Crippen molar-refractivity contribution in [2.24, 2.45) is 11.7 Å². The van der Waals surface area contributed by atoms with E-state index in [4.69, 9.17) is 10.5 Å². The van der Waals surface area contributed by atoms with Crippen LogP contribution in [-0.2, 0) is 4.79 Å². The van der Waals surface area contributed by atoms with E-state index >= 15 is 0 Å². The van der Waals surface area contributed by atoms with Gasteiger partial charge < -0.3 is 15.8 Å². The van der Waals surface area contributed by atoms with Gasteiger partial charge in [-0.3, -0.25) is 4.79 Å². The number of nitrogens with two attached hydrogens (primary N) is 1. The molecule has 0 saturated carbocycles. The third-order valence-electron chi connectivity index (χ3n) is 2.86. The van der Waals surface area contributed by atoms with Gasteiger partial charge in [0.25, 0.3) is 5.91 Å². The predicted octanol–water partition coefficient (Wildman–Crippen LogP) is 1.95. The van der Waals surface area contributed by atoms with E-state index in [0.717, 1.165) is 6.42 Å². The summed E-state index contributed by atoms with van der Waals surface area (Å²) >= 11 is 0. The quantitative estimate of drug-likeness (QED) is 0.791. The van der Waals surface area contributed by atoms with Crippen LogP contribution < -0.4 is 15.8 Å². The van der Waals surface area contributed by atoms with Gasteiger partial charge in [-0.25, -0.2) is 0 Å². The average Bonchev–Trinajstić information content (AvgIpc) is 2.36. The molecule has 1 aromatic rings. The van der Waals surface area contributed by atoms with Gasteiger partial charge in [0.15, 0.2) is 6.61 Å². The molecule has 0 aliphatic carbocycles. The van der Waals surface area contributed by atoms with E-state index in [1.807, 2.05) is 37.3 Å². The van der Waals surface area contributed by atoms with Crippen LogP contribution in [0.5, 0.6) is 5.75 Å². The molecule has 0 aliphatic rings. The molecule has 0 fully saturated rings. The molecular weight excluding hydrogens is 240 g/mol. The van der Waals surface area contributed by atoms with Crippen molar-refractivity contribution in [2.75, 3.05) is 13.2 Å². The Balaban J connectivity index is 2.45. The van der Waals surface area contributed by atoms with Gasteiger partial charge in [-0.05, 0) is 31.4 Å². The SMILES string of the molecule is CC(C)CC(C)(CN)NC(=O)COc1ccccc1. The summed E-state index contributed by atoms with van der Waals surface area (Å²) in [6, 6.07) is 9.29. The topological polar surface area (TPSA) is 64.3 Å². The number of para-hydroxylation sites is 1. The lowest BCUT2D eigenvalue weighted by molar-refractivity contribution is -0.125. The largest absolute Gasteiger partial charge is 0.484 e. The number of benzene rings is 1. The Morgan fingerprint density at radius 3 is 2.53 bits per heavy atom. The Labute approximate surface area is 115 Å². The Kier molecular flexibility index (Phi) is 5.83. The first-order valence-corrected chi connectivity index (χ1v) is 6.64. The molecule has 4 nitrogen and oxygen atoms in total. The molecule has 1 unspecified atom stereocenters. The van der Waals surface area contributed by atoms with E-state index in [0.29, 0.717) is 18.2 Å².